The van der Waals surface area contributed by atoms with E-state index in [4.69, 9.17) is 15.2 Å². The van der Waals surface area contributed by atoms with Crippen molar-refractivity contribution >= 4 is 11.5 Å². The van der Waals surface area contributed by atoms with Crippen molar-refractivity contribution in [2.45, 2.75) is 44.6 Å². The van der Waals surface area contributed by atoms with Crippen LogP contribution in [0.2, 0.25) is 0 Å². The quantitative estimate of drug-likeness (QED) is 0.630. The van der Waals surface area contributed by atoms with Crippen LogP contribution in [-0.4, -0.2) is 25.2 Å². The van der Waals surface area contributed by atoms with Crippen molar-refractivity contribution in [1.82, 2.24) is 20.1 Å². The van der Waals surface area contributed by atoms with E-state index in [0.29, 0.717) is 35.1 Å². The van der Waals surface area contributed by atoms with Crippen molar-refractivity contribution < 1.29 is 14.0 Å². The summed E-state index contributed by atoms with van der Waals surface area (Å²) in [4.78, 5) is 12.6. The number of nitrogens with zero attached hydrogens (tertiary/aromatic N) is 4. The zero-order chi connectivity index (χ0) is 21.8. The monoisotopic (exact) mass is 417 g/mol. The van der Waals surface area contributed by atoms with E-state index in [-0.39, 0.29) is 11.6 Å². The molecule has 2 aliphatic carbocycles. The second-order valence-corrected chi connectivity index (χ2v) is 8.08. The minimum Gasteiger partial charge on any atom is -0.372 e. The SMILES string of the molecule is Cc1cc(C(C)(O)C#Cc2cc3c(c(C4CC4)n2)CC=C3c2nc(N)ncc2F)no1. The number of aryl methyl sites for hydroxylation is 1. The van der Waals surface area contributed by atoms with Crippen LogP contribution in [0.15, 0.2) is 28.9 Å². The Kier molecular flexibility index (Phi) is 4.38. The molecule has 3 heterocycles. The molecule has 0 radical (unpaired) electrons. The molecular formula is C23H20FN5O2. The van der Waals surface area contributed by atoms with Crippen molar-refractivity contribution in [2.75, 3.05) is 5.73 Å². The number of anilines is 1. The summed E-state index contributed by atoms with van der Waals surface area (Å²) in [6, 6.07) is 3.46. The van der Waals surface area contributed by atoms with Crippen LogP contribution in [0.5, 0.6) is 0 Å². The van der Waals surface area contributed by atoms with Gasteiger partial charge in [-0.2, -0.15) is 0 Å². The number of aromatic nitrogens is 4. The molecule has 5 rings (SSSR count). The molecule has 8 heteroatoms. The number of allylic oxidation sites excluding steroid dienone is 1. The van der Waals surface area contributed by atoms with Gasteiger partial charge < -0.3 is 15.4 Å². The van der Waals surface area contributed by atoms with Gasteiger partial charge in [0.2, 0.25) is 5.95 Å². The number of hydrogen-bond acceptors (Lipinski definition) is 7. The van der Waals surface area contributed by atoms with Gasteiger partial charge in [-0.25, -0.2) is 19.3 Å². The summed E-state index contributed by atoms with van der Waals surface area (Å²) in [6.07, 6.45) is 5.80. The van der Waals surface area contributed by atoms with Gasteiger partial charge in [0, 0.05) is 23.3 Å². The summed E-state index contributed by atoms with van der Waals surface area (Å²) in [5.74, 6) is 6.26. The van der Waals surface area contributed by atoms with E-state index in [1.165, 1.54) is 0 Å². The van der Waals surface area contributed by atoms with Crippen molar-refractivity contribution in [3.8, 4) is 11.8 Å². The van der Waals surface area contributed by atoms with Gasteiger partial charge >= 0.3 is 0 Å². The van der Waals surface area contributed by atoms with E-state index in [1.807, 2.05) is 12.1 Å². The first kappa shape index (κ1) is 19.4. The van der Waals surface area contributed by atoms with Gasteiger partial charge in [0.25, 0.3) is 0 Å². The third-order valence-corrected chi connectivity index (χ3v) is 5.50. The first-order valence-corrected chi connectivity index (χ1v) is 10.0. The largest absolute Gasteiger partial charge is 0.372 e. The number of hydrogen-bond donors (Lipinski definition) is 2. The number of nitrogens with two attached hydrogens (primary N) is 1. The molecule has 0 aliphatic heterocycles. The fourth-order valence-corrected chi connectivity index (χ4v) is 3.76. The lowest BCUT2D eigenvalue weighted by molar-refractivity contribution is 0.112. The number of pyridine rings is 1. The maximum atomic E-state index is 14.5. The average Bonchev–Trinajstić information content (AvgIpc) is 3.35. The fourth-order valence-electron chi connectivity index (χ4n) is 3.76. The summed E-state index contributed by atoms with van der Waals surface area (Å²) in [5.41, 5.74) is 8.75. The normalized spacial score (nSPS) is 16.8. The van der Waals surface area contributed by atoms with Crippen LogP contribution < -0.4 is 5.73 Å². The predicted octanol–water partition coefficient (Wildman–Crippen LogP) is 3.01. The van der Waals surface area contributed by atoms with Gasteiger partial charge in [0.1, 0.15) is 22.8 Å². The molecule has 1 fully saturated rings. The molecule has 3 aromatic heterocycles. The highest BCUT2D eigenvalue weighted by Gasteiger charge is 2.32. The molecule has 3 N–H and O–H groups in total. The predicted molar refractivity (Wildman–Crippen MR) is 111 cm³/mol. The summed E-state index contributed by atoms with van der Waals surface area (Å²) in [7, 11) is 0. The highest BCUT2D eigenvalue weighted by Crippen LogP contribution is 2.45. The Labute approximate surface area is 178 Å². The van der Waals surface area contributed by atoms with Crippen LogP contribution in [0.1, 0.15) is 65.3 Å². The molecule has 31 heavy (non-hydrogen) atoms. The number of aliphatic hydroxyl groups is 1. The van der Waals surface area contributed by atoms with Crippen molar-refractivity contribution in [1.29, 1.82) is 0 Å². The molecule has 0 spiro atoms. The molecule has 156 valence electrons. The number of fused-ring (bicyclic) bond motifs is 1. The zero-order valence-corrected chi connectivity index (χ0v) is 17.1. The van der Waals surface area contributed by atoms with Crippen LogP contribution >= 0.6 is 0 Å². The number of rotatable bonds is 3. The van der Waals surface area contributed by atoms with E-state index in [1.54, 1.807) is 19.9 Å². The summed E-state index contributed by atoms with van der Waals surface area (Å²) < 4.78 is 19.5. The molecule has 0 saturated heterocycles. The zero-order valence-electron chi connectivity index (χ0n) is 17.1. The molecule has 0 bridgehead atoms. The average molecular weight is 417 g/mol. The van der Waals surface area contributed by atoms with Crippen LogP contribution in [-0.2, 0) is 12.0 Å². The summed E-state index contributed by atoms with van der Waals surface area (Å²) in [6.45, 7) is 3.30. The van der Waals surface area contributed by atoms with Crippen molar-refractivity contribution in [2.24, 2.45) is 0 Å². The van der Waals surface area contributed by atoms with E-state index >= 15 is 0 Å². The molecule has 0 amide bonds. The minimum absolute atomic E-state index is 0.0150. The third-order valence-electron chi connectivity index (χ3n) is 5.50. The van der Waals surface area contributed by atoms with Gasteiger partial charge in [-0.15, -0.1) is 0 Å². The highest BCUT2D eigenvalue weighted by molar-refractivity contribution is 5.84. The van der Waals surface area contributed by atoms with Crippen LogP contribution in [0.25, 0.3) is 5.57 Å². The Morgan fingerprint density at radius 1 is 1.29 bits per heavy atom. The maximum absolute atomic E-state index is 14.5. The molecule has 1 atom stereocenters. The van der Waals surface area contributed by atoms with E-state index < -0.39 is 11.4 Å². The number of halogens is 1. The van der Waals surface area contributed by atoms with Gasteiger partial charge in [-0.05, 0) is 56.2 Å². The fraction of sp³-hybridized carbons (Fsp3) is 0.304. The Bertz CT molecular complexity index is 1300. The molecule has 0 aromatic carbocycles. The molecule has 7 nitrogen and oxygen atoms in total. The lowest BCUT2D eigenvalue weighted by Crippen LogP contribution is -2.19. The second kappa shape index (κ2) is 7.00. The van der Waals surface area contributed by atoms with Gasteiger partial charge in [0.05, 0.1) is 6.20 Å². The Hall–Kier alpha value is -3.57. The van der Waals surface area contributed by atoms with Crippen molar-refractivity contribution in [3.05, 3.63) is 69.9 Å². The Morgan fingerprint density at radius 2 is 2.10 bits per heavy atom. The molecule has 2 aliphatic rings. The van der Waals surface area contributed by atoms with Crippen LogP contribution in [0.4, 0.5) is 10.3 Å². The van der Waals surface area contributed by atoms with E-state index in [0.717, 1.165) is 35.9 Å². The first-order valence-electron chi connectivity index (χ1n) is 10.0. The third kappa shape index (κ3) is 3.57. The van der Waals surface area contributed by atoms with E-state index in [9.17, 15) is 9.50 Å². The molecular weight excluding hydrogens is 397 g/mol. The van der Waals surface area contributed by atoms with E-state index in [2.05, 4.69) is 27.0 Å². The highest BCUT2D eigenvalue weighted by atomic mass is 19.1. The lowest BCUT2D eigenvalue weighted by Gasteiger charge is -2.13. The standard InChI is InChI=1S/C23H20FN5O2/c1-12-9-19(29-31-12)23(2,30)8-7-14-10-17-15(20(27-14)13-3-4-13)5-6-16(17)21-18(24)11-26-22(25)28-21/h6,9-11,13,30H,3-5H2,1-2H3,(H2,25,26,28). The van der Waals surface area contributed by atoms with Gasteiger partial charge in [-0.3, -0.25) is 0 Å². The van der Waals surface area contributed by atoms with Gasteiger partial charge in [0.15, 0.2) is 11.4 Å². The smallest absolute Gasteiger partial charge is 0.220 e. The van der Waals surface area contributed by atoms with Crippen LogP contribution in [0, 0.1) is 24.6 Å². The minimum atomic E-state index is -1.50. The molecule has 1 unspecified atom stereocenters. The second-order valence-electron chi connectivity index (χ2n) is 8.08. The lowest BCUT2D eigenvalue weighted by atomic mass is 9.98. The van der Waals surface area contributed by atoms with Gasteiger partial charge in [-0.1, -0.05) is 17.2 Å². The summed E-state index contributed by atoms with van der Waals surface area (Å²) in [5, 5.41) is 14.6. The Morgan fingerprint density at radius 3 is 2.81 bits per heavy atom. The Balaban J connectivity index is 1.58. The number of nitrogen functional groups attached to an aromatic ring is 1. The van der Waals surface area contributed by atoms with Crippen molar-refractivity contribution in [3.63, 3.8) is 0 Å². The van der Waals surface area contributed by atoms with Crippen LogP contribution in [0.3, 0.4) is 0 Å². The maximum Gasteiger partial charge on any atom is 0.220 e. The molecule has 3 aromatic rings. The first-order chi connectivity index (χ1) is 14.8. The summed E-state index contributed by atoms with van der Waals surface area (Å²) >= 11 is 0. The molecule has 1 saturated carbocycles. The topological polar surface area (TPSA) is 111 Å².